The fraction of sp³-hybridized carbons (Fsp3) is 0.600. The number of aromatic nitrogens is 4. The Hall–Kier alpha value is -1.78. The van der Waals surface area contributed by atoms with Gasteiger partial charge in [0.25, 0.3) is 0 Å². The highest BCUT2D eigenvalue weighted by atomic mass is 15.3. The first-order valence-corrected chi connectivity index (χ1v) is 7.33. The molecule has 2 heterocycles. The molecule has 2 rings (SSSR count). The number of nitrogen functional groups attached to an aromatic ring is 1. The molecule has 5 nitrogen and oxygen atoms in total. The lowest BCUT2D eigenvalue weighted by molar-refractivity contribution is 0.513. The SMILES string of the molecule is CCc1nc(-c2cnn(C(C)C)c2)c(N)n1CC(C)C. The molecule has 0 aliphatic rings. The zero-order valence-electron chi connectivity index (χ0n) is 13.1. The van der Waals surface area contributed by atoms with Crippen molar-refractivity contribution in [2.24, 2.45) is 5.92 Å². The summed E-state index contributed by atoms with van der Waals surface area (Å²) >= 11 is 0. The molecule has 0 saturated carbocycles. The molecule has 2 aromatic rings. The lowest BCUT2D eigenvalue weighted by atomic mass is 10.2. The molecule has 0 radical (unpaired) electrons. The third-order valence-electron chi connectivity index (χ3n) is 3.35. The monoisotopic (exact) mass is 275 g/mol. The summed E-state index contributed by atoms with van der Waals surface area (Å²) < 4.78 is 4.06. The van der Waals surface area contributed by atoms with Crippen LogP contribution in [0.5, 0.6) is 0 Å². The molecule has 0 atom stereocenters. The van der Waals surface area contributed by atoms with Crippen LogP contribution in [0.3, 0.4) is 0 Å². The van der Waals surface area contributed by atoms with Crippen molar-refractivity contribution in [1.29, 1.82) is 0 Å². The summed E-state index contributed by atoms with van der Waals surface area (Å²) in [7, 11) is 0. The van der Waals surface area contributed by atoms with Gasteiger partial charge in [0.2, 0.25) is 0 Å². The lowest BCUT2D eigenvalue weighted by Crippen LogP contribution is -2.10. The van der Waals surface area contributed by atoms with E-state index in [0.29, 0.717) is 12.0 Å². The van der Waals surface area contributed by atoms with Crippen molar-refractivity contribution in [3.63, 3.8) is 0 Å². The molecule has 5 heteroatoms. The first kappa shape index (κ1) is 14.6. The van der Waals surface area contributed by atoms with Crippen LogP contribution in [0.2, 0.25) is 0 Å². The van der Waals surface area contributed by atoms with Gasteiger partial charge in [0.1, 0.15) is 17.3 Å². The van der Waals surface area contributed by atoms with Crippen molar-refractivity contribution < 1.29 is 0 Å². The molecule has 2 N–H and O–H groups in total. The molecule has 110 valence electrons. The van der Waals surface area contributed by atoms with E-state index in [2.05, 4.69) is 44.3 Å². The van der Waals surface area contributed by atoms with Crippen LogP contribution in [0.1, 0.15) is 46.5 Å². The number of aryl methyl sites for hydroxylation is 1. The summed E-state index contributed by atoms with van der Waals surface area (Å²) in [5.41, 5.74) is 8.16. The van der Waals surface area contributed by atoms with Gasteiger partial charge in [-0.2, -0.15) is 5.10 Å². The maximum atomic E-state index is 6.31. The van der Waals surface area contributed by atoms with Gasteiger partial charge < -0.3 is 10.3 Å². The minimum atomic E-state index is 0.341. The molecule has 2 aromatic heterocycles. The largest absolute Gasteiger partial charge is 0.383 e. The van der Waals surface area contributed by atoms with E-state index in [1.54, 1.807) is 0 Å². The van der Waals surface area contributed by atoms with Crippen LogP contribution in [0.15, 0.2) is 12.4 Å². The molecule has 0 bridgehead atoms. The predicted molar refractivity (Wildman–Crippen MR) is 82.5 cm³/mol. The summed E-state index contributed by atoms with van der Waals surface area (Å²) in [6.07, 6.45) is 4.75. The van der Waals surface area contributed by atoms with Crippen molar-refractivity contribution in [1.82, 2.24) is 19.3 Å². The van der Waals surface area contributed by atoms with E-state index in [0.717, 1.165) is 35.9 Å². The Kier molecular flexibility index (Phi) is 4.16. The van der Waals surface area contributed by atoms with E-state index in [4.69, 9.17) is 10.7 Å². The van der Waals surface area contributed by atoms with Crippen LogP contribution in [0, 0.1) is 5.92 Å². The van der Waals surface area contributed by atoms with E-state index < -0.39 is 0 Å². The molecule has 0 amide bonds. The molecule has 20 heavy (non-hydrogen) atoms. The van der Waals surface area contributed by atoms with E-state index in [-0.39, 0.29) is 0 Å². The number of hydrogen-bond acceptors (Lipinski definition) is 3. The second kappa shape index (κ2) is 5.69. The van der Waals surface area contributed by atoms with Gasteiger partial charge >= 0.3 is 0 Å². The minimum absolute atomic E-state index is 0.341. The third kappa shape index (κ3) is 2.71. The Bertz CT molecular complexity index is 577. The second-order valence-corrected chi connectivity index (χ2v) is 5.92. The van der Waals surface area contributed by atoms with E-state index in [9.17, 15) is 0 Å². The molecule has 0 fully saturated rings. The normalized spacial score (nSPS) is 11.8. The van der Waals surface area contributed by atoms with Gasteiger partial charge in [-0.05, 0) is 19.8 Å². The van der Waals surface area contributed by atoms with Crippen molar-refractivity contribution >= 4 is 5.82 Å². The van der Waals surface area contributed by atoms with Crippen molar-refractivity contribution in [2.75, 3.05) is 5.73 Å². The molecular weight excluding hydrogens is 250 g/mol. The molecule has 0 aliphatic carbocycles. The highest BCUT2D eigenvalue weighted by Crippen LogP contribution is 2.27. The highest BCUT2D eigenvalue weighted by Gasteiger charge is 2.17. The molecule has 0 spiro atoms. The van der Waals surface area contributed by atoms with Gasteiger partial charge in [0, 0.05) is 30.8 Å². The molecule has 0 saturated heterocycles. The standard InChI is InChI=1S/C15H25N5/c1-6-13-18-14(15(16)19(13)8-10(2)3)12-7-17-20(9-12)11(4)5/h7,9-11H,6,8,16H2,1-5H3. The molecule has 0 aromatic carbocycles. The minimum Gasteiger partial charge on any atom is -0.383 e. The van der Waals surface area contributed by atoms with Gasteiger partial charge in [-0.15, -0.1) is 0 Å². The number of nitrogens with zero attached hydrogens (tertiary/aromatic N) is 4. The number of rotatable bonds is 5. The average Bonchev–Trinajstić information content (AvgIpc) is 2.96. The van der Waals surface area contributed by atoms with Gasteiger partial charge in [-0.3, -0.25) is 4.68 Å². The first-order chi connectivity index (χ1) is 9.43. The Morgan fingerprint density at radius 2 is 1.95 bits per heavy atom. The second-order valence-electron chi connectivity index (χ2n) is 5.92. The summed E-state index contributed by atoms with van der Waals surface area (Å²) in [5, 5.41) is 4.37. The number of hydrogen-bond donors (Lipinski definition) is 1. The fourth-order valence-electron chi connectivity index (χ4n) is 2.31. The highest BCUT2D eigenvalue weighted by molar-refractivity contribution is 5.70. The van der Waals surface area contributed by atoms with Crippen LogP contribution in [-0.2, 0) is 13.0 Å². The smallest absolute Gasteiger partial charge is 0.131 e. The van der Waals surface area contributed by atoms with Crippen LogP contribution in [-0.4, -0.2) is 19.3 Å². The summed E-state index contributed by atoms with van der Waals surface area (Å²) in [6.45, 7) is 11.6. The predicted octanol–water partition coefficient (Wildman–Crippen LogP) is 3.13. The van der Waals surface area contributed by atoms with E-state index in [1.165, 1.54) is 0 Å². The number of imidazole rings is 1. The van der Waals surface area contributed by atoms with Crippen LogP contribution < -0.4 is 5.73 Å². The fourth-order valence-corrected chi connectivity index (χ4v) is 2.31. The zero-order valence-corrected chi connectivity index (χ0v) is 13.1. The average molecular weight is 275 g/mol. The Morgan fingerprint density at radius 1 is 1.25 bits per heavy atom. The van der Waals surface area contributed by atoms with Gasteiger partial charge in [0.05, 0.1) is 6.20 Å². The third-order valence-corrected chi connectivity index (χ3v) is 3.35. The number of anilines is 1. The molecule has 0 unspecified atom stereocenters. The molecule has 0 aliphatic heterocycles. The molecular formula is C15H25N5. The van der Waals surface area contributed by atoms with Gasteiger partial charge in [0.15, 0.2) is 0 Å². The maximum Gasteiger partial charge on any atom is 0.131 e. The van der Waals surface area contributed by atoms with Crippen LogP contribution in [0.25, 0.3) is 11.3 Å². The Labute approximate surface area is 120 Å². The maximum absolute atomic E-state index is 6.31. The van der Waals surface area contributed by atoms with Crippen molar-refractivity contribution in [2.45, 2.75) is 53.6 Å². The zero-order chi connectivity index (χ0) is 14.9. The quantitative estimate of drug-likeness (QED) is 0.912. The Balaban J connectivity index is 2.43. The first-order valence-electron chi connectivity index (χ1n) is 7.33. The van der Waals surface area contributed by atoms with E-state index in [1.807, 2.05) is 17.1 Å². The van der Waals surface area contributed by atoms with Crippen LogP contribution >= 0.6 is 0 Å². The summed E-state index contributed by atoms with van der Waals surface area (Å²) in [4.78, 5) is 4.71. The summed E-state index contributed by atoms with van der Waals surface area (Å²) in [6, 6.07) is 0.341. The van der Waals surface area contributed by atoms with Crippen molar-refractivity contribution in [3.8, 4) is 11.3 Å². The summed E-state index contributed by atoms with van der Waals surface area (Å²) in [5.74, 6) is 2.34. The van der Waals surface area contributed by atoms with E-state index >= 15 is 0 Å². The lowest BCUT2D eigenvalue weighted by Gasteiger charge is -2.11. The number of nitrogens with two attached hydrogens (primary N) is 1. The Morgan fingerprint density at radius 3 is 2.45 bits per heavy atom. The van der Waals surface area contributed by atoms with Crippen molar-refractivity contribution in [3.05, 3.63) is 18.2 Å². The topological polar surface area (TPSA) is 61.7 Å². The van der Waals surface area contributed by atoms with Crippen LogP contribution in [0.4, 0.5) is 5.82 Å². The van der Waals surface area contributed by atoms with Gasteiger partial charge in [-0.1, -0.05) is 20.8 Å². The van der Waals surface area contributed by atoms with Gasteiger partial charge in [-0.25, -0.2) is 4.98 Å².